The van der Waals surface area contributed by atoms with Crippen molar-refractivity contribution in [1.29, 1.82) is 0 Å². The van der Waals surface area contributed by atoms with Crippen LogP contribution in [0, 0.1) is 0 Å². The lowest BCUT2D eigenvalue weighted by Crippen LogP contribution is -1.94. The van der Waals surface area contributed by atoms with Crippen LogP contribution in [0.1, 0.15) is 32.6 Å². The lowest BCUT2D eigenvalue weighted by Gasteiger charge is -2.14. The molecule has 0 aliphatic heterocycles. The maximum absolute atomic E-state index is 2.31. The van der Waals surface area contributed by atoms with Crippen molar-refractivity contribution in [2.24, 2.45) is 0 Å². The zero-order valence-electron chi connectivity index (χ0n) is 8.22. The van der Waals surface area contributed by atoms with E-state index in [9.17, 15) is 0 Å². The largest absolute Gasteiger partial charge is 0.0801 e. The van der Waals surface area contributed by atoms with Crippen LogP contribution >= 0.6 is 0 Å². The van der Waals surface area contributed by atoms with E-state index in [0.29, 0.717) is 0 Å². The van der Waals surface area contributed by atoms with Gasteiger partial charge in [0.2, 0.25) is 0 Å². The summed E-state index contributed by atoms with van der Waals surface area (Å²) in [6, 6.07) is 0. The smallest absolute Gasteiger partial charge is 0.00916 e. The first-order chi connectivity index (χ1) is 6.40. The standard InChI is InChI=1S/C13H16/c1-2-11-7-9-13(10-8-11)12-5-3-4-6-12/h3-5,7,9H,2,6,8,10H2,1H3. The third-order valence-electron chi connectivity index (χ3n) is 2.87. The van der Waals surface area contributed by atoms with Crippen LogP contribution in [-0.4, -0.2) is 0 Å². The molecule has 0 atom stereocenters. The molecule has 0 aromatic rings. The first kappa shape index (κ1) is 8.55. The zero-order valence-corrected chi connectivity index (χ0v) is 8.22. The molecular formula is C13H16. The average Bonchev–Trinajstić information content (AvgIpc) is 2.71. The van der Waals surface area contributed by atoms with Gasteiger partial charge in [0.1, 0.15) is 0 Å². The minimum Gasteiger partial charge on any atom is -0.0801 e. The fourth-order valence-electron chi connectivity index (χ4n) is 1.93. The molecule has 2 aliphatic carbocycles. The summed E-state index contributed by atoms with van der Waals surface area (Å²) < 4.78 is 0. The third-order valence-corrected chi connectivity index (χ3v) is 2.87. The lowest BCUT2D eigenvalue weighted by atomic mass is 9.92. The number of allylic oxidation sites excluding steroid dienone is 8. The van der Waals surface area contributed by atoms with E-state index in [1.807, 2.05) is 0 Å². The number of hydrogen-bond donors (Lipinski definition) is 0. The Morgan fingerprint density at radius 2 is 2.00 bits per heavy atom. The van der Waals surface area contributed by atoms with Crippen molar-refractivity contribution in [3.63, 3.8) is 0 Å². The van der Waals surface area contributed by atoms with Crippen LogP contribution in [0.5, 0.6) is 0 Å². The van der Waals surface area contributed by atoms with E-state index >= 15 is 0 Å². The number of rotatable bonds is 2. The molecule has 0 heterocycles. The fourth-order valence-corrected chi connectivity index (χ4v) is 1.93. The summed E-state index contributed by atoms with van der Waals surface area (Å²) in [7, 11) is 0. The second-order valence-corrected chi connectivity index (χ2v) is 3.69. The molecule has 68 valence electrons. The first-order valence-electron chi connectivity index (χ1n) is 5.15. The van der Waals surface area contributed by atoms with Crippen LogP contribution in [0.3, 0.4) is 0 Å². The normalized spacial score (nSPS) is 21.2. The summed E-state index contributed by atoms with van der Waals surface area (Å²) in [4.78, 5) is 0. The Morgan fingerprint density at radius 1 is 1.08 bits per heavy atom. The van der Waals surface area contributed by atoms with Gasteiger partial charge in [0.05, 0.1) is 0 Å². The highest BCUT2D eigenvalue weighted by molar-refractivity contribution is 5.43. The molecule has 0 fully saturated rings. The SMILES string of the molecule is CCC1=CC=C(C2=CC=CC2)CC1. The maximum Gasteiger partial charge on any atom is -0.00916 e. The second kappa shape index (κ2) is 3.78. The van der Waals surface area contributed by atoms with Crippen molar-refractivity contribution >= 4 is 0 Å². The van der Waals surface area contributed by atoms with Crippen LogP contribution in [-0.2, 0) is 0 Å². The van der Waals surface area contributed by atoms with Crippen LogP contribution in [0.2, 0.25) is 0 Å². The molecule has 0 unspecified atom stereocenters. The molecule has 0 nitrogen and oxygen atoms in total. The fraction of sp³-hybridized carbons (Fsp3) is 0.385. The number of hydrogen-bond acceptors (Lipinski definition) is 0. The Bertz CT molecular complexity index is 311. The molecule has 13 heavy (non-hydrogen) atoms. The van der Waals surface area contributed by atoms with Gasteiger partial charge in [-0.15, -0.1) is 0 Å². The van der Waals surface area contributed by atoms with E-state index in [1.165, 1.54) is 24.8 Å². The highest BCUT2D eigenvalue weighted by Gasteiger charge is 2.09. The molecule has 0 radical (unpaired) electrons. The van der Waals surface area contributed by atoms with Gasteiger partial charge in [0.25, 0.3) is 0 Å². The van der Waals surface area contributed by atoms with Crippen molar-refractivity contribution in [2.75, 3.05) is 0 Å². The molecule has 0 bridgehead atoms. The van der Waals surface area contributed by atoms with Gasteiger partial charge in [-0.3, -0.25) is 0 Å². The third kappa shape index (κ3) is 1.82. The van der Waals surface area contributed by atoms with Gasteiger partial charge in [-0.1, -0.05) is 42.9 Å². The zero-order chi connectivity index (χ0) is 9.10. The Hall–Kier alpha value is -1.04. The monoisotopic (exact) mass is 172 g/mol. The van der Waals surface area contributed by atoms with Crippen LogP contribution in [0.25, 0.3) is 0 Å². The molecule has 0 N–H and O–H groups in total. The van der Waals surface area contributed by atoms with Crippen molar-refractivity contribution in [1.82, 2.24) is 0 Å². The lowest BCUT2D eigenvalue weighted by molar-refractivity contribution is 0.858. The summed E-state index contributed by atoms with van der Waals surface area (Å²) in [5, 5.41) is 0. The van der Waals surface area contributed by atoms with Crippen molar-refractivity contribution in [3.05, 3.63) is 47.1 Å². The van der Waals surface area contributed by atoms with Gasteiger partial charge in [0.15, 0.2) is 0 Å². The molecule has 0 aromatic carbocycles. The maximum atomic E-state index is 2.31. The van der Waals surface area contributed by atoms with Crippen LogP contribution < -0.4 is 0 Å². The van der Waals surface area contributed by atoms with Crippen molar-refractivity contribution in [3.8, 4) is 0 Å². The molecule has 2 rings (SSSR count). The van der Waals surface area contributed by atoms with E-state index in [-0.39, 0.29) is 0 Å². The first-order valence-corrected chi connectivity index (χ1v) is 5.15. The van der Waals surface area contributed by atoms with E-state index in [0.717, 1.165) is 6.42 Å². The Labute approximate surface area is 80.3 Å². The summed E-state index contributed by atoms with van der Waals surface area (Å²) >= 11 is 0. The van der Waals surface area contributed by atoms with Gasteiger partial charge < -0.3 is 0 Å². The quantitative estimate of drug-likeness (QED) is 0.592. The minimum atomic E-state index is 1.14. The van der Waals surface area contributed by atoms with Gasteiger partial charge >= 0.3 is 0 Å². The average molecular weight is 172 g/mol. The molecule has 0 spiro atoms. The predicted molar refractivity (Wildman–Crippen MR) is 57.5 cm³/mol. The molecular weight excluding hydrogens is 156 g/mol. The van der Waals surface area contributed by atoms with Gasteiger partial charge in [0, 0.05) is 0 Å². The summed E-state index contributed by atoms with van der Waals surface area (Å²) in [6.45, 7) is 2.24. The van der Waals surface area contributed by atoms with Gasteiger partial charge in [-0.05, 0) is 36.8 Å². The Morgan fingerprint density at radius 3 is 2.54 bits per heavy atom. The molecule has 0 heteroatoms. The van der Waals surface area contributed by atoms with E-state index < -0.39 is 0 Å². The minimum absolute atomic E-state index is 1.14. The molecule has 0 saturated carbocycles. The highest BCUT2D eigenvalue weighted by atomic mass is 14.1. The topological polar surface area (TPSA) is 0 Å². The summed E-state index contributed by atoms with van der Waals surface area (Å²) in [5.41, 5.74) is 4.66. The second-order valence-electron chi connectivity index (χ2n) is 3.69. The molecule has 2 aliphatic rings. The van der Waals surface area contributed by atoms with Crippen LogP contribution in [0.4, 0.5) is 0 Å². The van der Waals surface area contributed by atoms with E-state index in [4.69, 9.17) is 0 Å². The molecule has 0 aromatic heterocycles. The molecule has 0 saturated heterocycles. The van der Waals surface area contributed by atoms with Crippen molar-refractivity contribution in [2.45, 2.75) is 32.6 Å². The van der Waals surface area contributed by atoms with E-state index in [1.54, 1.807) is 11.1 Å². The van der Waals surface area contributed by atoms with Crippen LogP contribution in [0.15, 0.2) is 47.1 Å². The van der Waals surface area contributed by atoms with Crippen molar-refractivity contribution < 1.29 is 0 Å². The highest BCUT2D eigenvalue weighted by Crippen LogP contribution is 2.29. The van der Waals surface area contributed by atoms with Gasteiger partial charge in [-0.25, -0.2) is 0 Å². The predicted octanol–water partition coefficient (Wildman–Crippen LogP) is 3.93. The van der Waals surface area contributed by atoms with Gasteiger partial charge in [-0.2, -0.15) is 0 Å². The summed E-state index contributed by atoms with van der Waals surface area (Å²) in [5.74, 6) is 0. The molecule has 0 amide bonds. The van der Waals surface area contributed by atoms with E-state index in [2.05, 4.69) is 37.3 Å². The summed E-state index contributed by atoms with van der Waals surface area (Å²) in [6.07, 6.45) is 16.1. The Kier molecular flexibility index (Phi) is 2.49. The Balaban J connectivity index is 2.10.